The Balaban J connectivity index is 1.42. The minimum atomic E-state index is -0.993. The number of nitriles is 1. The zero-order valence-corrected chi connectivity index (χ0v) is 16.4. The highest BCUT2D eigenvalue weighted by molar-refractivity contribution is 5.86. The summed E-state index contributed by atoms with van der Waals surface area (Å²) in [7, 11) is 0. The van der Waals surface area contributed by atoms with Crippen molar-refractivity contribution in [3.63, 3.8) is 0 Å². The molecule has 0 spiro atoms. The molecule has 6 nitrogen and oxygen atoms in total. The first-order valence-corrected chi connectivity index (χ1v) is 10.3. The molecule has 0 bridgehead atoms. The Morgan fingerprint density at radius 3 is 2.55 bits per heavy atom. The number of nitrogens with zero attached hydrogens (tertiary/aromatic N) is 3. The van der Waals surface area contributed by atoms with Crippen LogP contribution in [0.25, 0.3) is 10.8 Å². The zero-order valence-electron chi connectivity index (χ0n) is 16.4. The molecule has 2 aromatic carbocycles. The van der Waals surface area contributed by atoms with Crippen LogP contribution in [0.2, 0.25) is 0 Å². The SMILES string of the molecule is N#Cc1ccc2cc(CC[C@H]3CCCN3C(=O)[C@H]3CCCN3C(=O)O)ccc2c1. The Kier molecular flexibility index (Phi) is 5.39. The van der Waals surface area contributed by atoms with Gasteiger partial charge in [0.25, 0.3) is 0 Å². The van der Waals surface area contributed by atoms with Gasteiger partial charge in [-0.25, -0.2) is 4.79 Å². The maximum atomic E-state index is 13.0. The van der Waals surface area contributed by atoms with E-state index < -0.39 is 12.1 Å². The van der Waals surface area contributed by atoms with E-state index in [-0.39, 0.29) is 11.9 Å². The Morgan fingerprint density at radius 1 is 1.03 bits per heavy atom. The van der Waals surface area contributed by atoms with Crippen LogP contribution in [-0.4, -0.2) is 52.1 Å². The molecule has 0 saturated carbocycles. The topological polar surface area (TPSA) is 84.6 Å². The Bertz CT molecular complexity index is 981. The fourth-order valence-electron chi connectivity index (χ4n) is 4.72. The second-order valence-electron chi connectivity index (χ2n) is 8.01. The van der Waals surface area contributed by atoms with Crippen LogP contribution in [0.15, 0.2) is 36.4 Å². The number of likely N-dealkylation sites (tertiary alicyclic amines) is 2. The first-order chi connectivity index (χ1) is 14.1. The molecule has 6 heteroatoms. The van der Waals surface area contributed by atoms with E-state index >= 15 is 0 Å². The van der Waals surface area contributed by atoms with Crippen LogP contribution in [-0.2, 0) is 11.2 Å². The molecular formula is C23H25N3O3. The summed E-state index contributed by atoms with van der Waals surface area (Å²) < 4.78 is 0. The van der Waals surface area contributed by atoms with E-state index in [9.17, 15) is 14.7 Å². The van der Waals surface area contributed by atoms with Gasteiger partial charge in [0.15, 0.2) is 0 Å². The van der Waals surface area contributed by atoms with Gasteiger partial charge in [-0.3, -0.25) is 9.69 Å². The summed E-state index contributed by atoms with van der Waals surface area (Å²) in [4.78, 5) is 27.6. The first-order valence-electron chi connectivity index (χ1n) is 10.3. The van der Waals surface area contributed by atoms with Crippen molar-refractivity contribution in [2.75, 3.05) is 13.1 Å². The van der Waals surface area contributed by atoms with Crippen molar-refractivity contribution in [3.05, 3.63) is 47.5 Å². The Labute approximate surface area is 170 Å². The Morgan fingerprint density at radius 2 is 1.76 bits per heavy atom. The fourth-order valence-corrected chi connectivity index (χ4v) is 4.72. The molecule has 0 aliphatic carbocycles. The van der Waals surface area contributed by atoms with Crippen molar-refractivity contribution in [1.29, 1.82) is 5.26 Å². The molecule has 2 amide bonds. The van der Waals surface area contributed by atoms with Gasteiger partial charge in [-0.1, -0.05) is 24.3 Å². The predicted octanol–water partition coefficient (Wildman–Crippen LogP) is 3.78. The Hall–Kier alpha value is -3.07. The normalized spacial score (nSPS) is 21.5. The summed E-state index contributed by atoms with van der Waals surface area (Å²) in [5.74, 6) is -0.0186. The molecule has 2 heterocycles. The molecule has 0 aromatic heterocycles. The molecular weight excluding hydrogens is 366 g/mol. The molecule has 2 aromatic rings. The lowest BCUT2D eigenvalue weighted by atomic mass is 9.99. The highest BCUT2D eigenvalue weighted by Gasteiger charge is 2.39. The van der Waals surface area contributed by atoms with E-state index in [0.717, 1.165) is 49.4 Å². The summed E-state index contributed by atoms with van der Waals surface area (Å²) in [5.41, 5.74) is 1.88. The lowest BCUT2D eigenvalue weighted by Gasteiger charge is -2.30. The van der Waals surface area contributed by atoms with E-state index in [1.54, 1.807) is 0 Å². The number of rotatable bonds is 4. The van der Waals surface area contributed by atoms with Gasteiger partial charge in [0, 0.05) is 19.1 Å². The number of hydrogen-bond acceptors (Lipinski definition) is 3. The minimum Gasteiger partial charge on any atom is -0.465 e. The molecule has 0 radical (unpaired) electrons. The van der Waals surface area contributed by atoms with E-state index in [0.29, 0.717) is 18.5 Å². The lowest BCUT2D eigenvalue weighted by molar-refractivity contribution is -0.136. The lowest BCUT2D eigenvalue weighted by Crippen LogP contribution is -2.49. The first kappa shape index (κ1) is 19.3. The predicted molar refractivity (Wildman–Crippen MR) is 109 cm³/mol. The average Bonchev–Trinajstić information content (AvgIpc) is 3.40. The minimum absolute atomic E-state index is 0.0186. The molecule has 2 fully saturated rings. The summed E-state index contributed by atoms with van der Waals surface area (Å²) in [5, 5.41) is 20.6. The molecule has 2 atom stereocenters. The monoisotopic (exact) mass is 391 g/mol. The van der Waals surface area contributed by atoms with Crippen molar-refractivity contribution in [2.45, 2.75) is 50.6 Å². The zero-order chi connectivity index (χ0) is 20.4. The number of amides is 2. The molecule has 29 heavy (non-hydrogen) atoms. The summed E-state index contributed by atoms with van der Waals surface area (Å²) in [6.07, 6.45) is 4.10. The highest BCUT2D eigenvalue weighted by atomic mass is 16.4. The maximum absolute atomic E-state index is 13.0. The number of aryl methyl sites for hydroxylation is 1. The van der Waals surface area contributed by atoms with Gasteiger partial charge in [0.05, 0.1) is 11.6 Å². The van der Waals surface area contributed by atoms with Crippen molar-refractivity contribution in [2.24, 2.45) is 0 Å². The second-order valence-corrected chi connectivity index (χ2v) is 8.01. The summed E-state index contributed by atoms with van der Waals surface area (Å²) >= 11 is 0. The van der Waals surface area contributed by atoms with Crippen LogP contribution in [0, 0.1) is 11.3 Å². The van der Waals surface area contributed by atoms with Crippen molar-refractivity contribution >= 4 is 22.8 Å². The van der Waals surface area contributed by atoms with Crippen molar-refractivity contribution < 1.29 is 14.7 Å². The average molecular weight is 391 g/mol. The van der Waals surface area contributed by atoms with Gasteiger partial charge in [0.2, 0.25) is 5.91 Å². The van der Waals surface area contributed by atoms with Crippen molar-refractivity contribution in [1.82, 2.24) is 9.80 Å². The highest BCUT2D eigenvalue weighted by Crippen LogP contribution is 2.27. The van der Waals surface area contributed by atoms with Crippen LogP contribution in [0.3, 0.4) is 0 Å². The van der Waals surface area contributed by atoms with E-state index in [1.807, 2.05) is 29.2 Å². The molecule has 1 N–H and O–H groups in total. The van der Waals surface area contributed by atoms with Crippen LogP contribution in [0.5, 0.6) is 0 Å². The van der Waals surface area contributed by atoms with Gasteiger partial charge >= 0.3 is 6.09 Å². The van der Waals surface area contributed by atoms with E-state index in [1.165, 1.54) is 10.5 Å². The fraction of sp³-hybridized carbons (Fsp3) is 0.435. The number of fused-ring (bicyclic) bond motifs is 1. The number of hydrogen-bond donors (Lipinski definition) is 1. The van der Waals surface area contributed by atoms with Gasteiger partial charge in [-0.2, -0.15) is 5.26 Å². The molecule has 2 aliphatic heterocycles. The number of carbonyl (C=O) groups excluding carboxylic acids is 1. The number of carbonyl (C=O) groups is 2. The third-order valence-electron chi connectivity index (χ3n) is 6.24. The van der Waals surface area contributed by atoms with Crippen LogP contribution < -0.4 is 0 Å². The van der Waals surface area contributed by atoms with Crippen LogP contribution in [0.4, 0.5) is 4.79 Å². The second kappa shape index (κ2) is 8.12. The van der Waals surface area contributed by atoms with Crippen LogP contribution >= 0.6 is 0 Å². The smallest absolute Gasteiger partial charge is 0.407 e. The number of carboxylic acid groups (broad SMARTS) is 1. The standard InChI is InChI=1S/C23H25N3O3/c24-15-17-6-9-18-13-16(5-8-19(18)14-17)7-10-20-3-1-11-25(20)22(27)21-4-2-12-26(21)23(28)29/h5-6,8-9,13-14,20-21H,1-4,7,10-12H2,(H,28,29)/t20-,21-/m1/s1. The third-order valence-corrected chi connectivity index (χ3v) is 6.24. The van der Waals surface area contributed by atoms with Gasteiger partial charge < -0.3 is 10.0 Å². The quantitative estimate of drug-likeness (QED) is 0.860. The third kappa shape index (κ3) is 3.91. The molecule has 150 valence electrons. The molecule has 2 aliphatic rings. The summed E-state index contributed by atoms with van der Waals surface area (Å²) in [6.45, 7) is 1.18. The van der Waals surface area contributed by atoms with E-state index in [2.05, 4.69) is 18.2 Å². The van der Waals surface area contributed by atoms with Crippen LogP contribution in [0.1, 0.15) is 43.2 Å². The van der Waals surface area contributed by atoms with Crippen molar-refractivity contribution in [3.8, 4) is 6.07 Å². The maximum Gasteiger partial charge on any atom is 0.407 e. The van der Waals surface area contributed by atoms with Gasteiger partial charge in [-0.05, 0) is 67.0 Å². The van der Waals surface area contributed by atoms with Gasteiger partial charge in [-0.15, -0.1) is 0 Å². The molecule has 2 saturated heterocycles. The van der Waals surface area contributed by atoms with Gasteiger partial charge in [0.1, 0.15) is 6.04 Å². The largest absolute Gasteiger partial charge is 0.465 e. The molecule has 0 unspecified atom stereocenters. The number of benzene rings is 2. The van der Waals surface area contributed by atoms with E-state index in [4.69, 9.17) is 5.26 Å². The molecule has 4 rings (SSSR count). The summed E-state index contributed by atoms with van der Waals surface area (Å²) in [6, 6.07) is 13.8.